The third kappa shape index (κ3) is 2.94. The SMILES string of the molecule is Cc1c(Cl)cccc1NC(=O)CNC1(C(=O)O)CCC1. The van der Waals surface area contributed by atoms with Crippen molar-refractivity contribution in [2.24, 2.45) is 0 Å². The number of rotatable bonds is 5. The van der Waals surface area contributed by atoms with E-state index >= 15 is 0 Å². The third-order valence-corrected chi connectivity index (χ3v) is 4.16. The zero-order valence-electron chi connectivity index (χ0n) is 11.2. The largest absolute Gasteiger partial charge is 0.480 e. The molecule has 1 aromatic carbocycles. The summed E-state index contributed by atoms with van der Waals surface area (Å²) in [6.45, 7) is 1.79. The summed E-state index contributed by atoms with van der Waals surface area (Å²) < 4.78 is 0. The molecule has 1 aromatic rings. The van der Waals surface area contributed by atoms with E-state index < -0.39 is 11.5 Å². The van der Waals surface area contributed by atoms with Crippen molar-refractivity contribution < 1.29 is 14.7 Å². The molecule has 0 aromatic heterocycles. The Labute approximate surface area is 122 Å². The molecule has 0 bridgehead atoms. The van der Waals surface area contributed by atoms with Crippen LogP contribution < -0.4 is 10.6 Å². The van der Waals surface area contributed by atoms with Gasteiger partial charge in [-0.05, 0) is 43.9 Å². The predicted molar refractivity (Wildman–Crippen MR) is 77.0 cm³/mol. The smallest absolute Gasteiger partial charge is 0.323 e. The molecular weight excluding hydrogens is 280 g/mol. The van der Waals surface area contributed by atoms with Gasteiger partial charge in [-0.3, -0.25) is 14.9 Å². The number of halogens is 1. The number of carboxylic acid groups (broad SMARTS) is 1. The van der Waals surface area contributed by atoms with Crippen LogP contribution in [0, 0.1) is 6.92 Å². The van der Waals surface area contributed by atoms with Crippen LogP contribution in [0.2, 0.25) is 5.02 Å². The minimum absolute atomic E-state index is 0.0295. The van der Waals surface area contributed by atoms with Crippen LogP contribution in [0.15, 0.2) is 18.2 Å². The lowest BCUT2D eigenvalue weighted by atomic mass is 9.77. The zero-order chi connectivity index (χ0) is 14.8. The molecule has 0 saturated heterocycles. The van der Waals surface area contributed by atoms with Crippen molar-refractivity contribution in [1.82, 2.24) is 5.32 Å². The highest BCUT2D eigenvalue weighted by atomic mass is 35.5. The molecule has 6 heteroatoms. The maximum atomic E-state index is 11.9. The van der Waals surface area contributed by atoms with Crippen molar-refractivity contribution in [1.29, 1.82) is 0 Å². The van der Waals surface area contributed by atoms with Crippen LogP contribution in [0.1, 0.15) is 24.8 Å². The minimum atomic E-state index is -0.930. The molecule has 20 heavy (non-hydrogen) atoms. The summed E-state index contributed by atoms with van der Waals surface area (Å²) in [5, 5.41) is 15.3. The van der Waals surface area contributed by atoms with Crippen molar-refractivity contribution in [2.45, 2.75) is 31.7 Å². The summed E-state index contributed by atoms with van der Waals surface area (Å²) in [6, 6.07) is 5.26. The van der Waals surface area contributed by atoms with Gasteiger partial charge in [-0.1, -0.05) is 17.7 Å². The van der Waals surface area contributed by atoms with E-state index in [1.54, 1.807) is 18.2 Å². The Balaban J connectivity index is 1.93. The van der Waals surface area contributed by atoms with E-state index in [0.717, 1.165) is 12.0 Å². The summed E-state index contributed by atoms with van der Waals surface area (Å²) >= 11 is 5.98. The van der Waals surface area contributed by atoms with E-state index in [-0.39, 0.29) is 12.5 Å². The van der Waals surface area contributed by atoms with Gasteiger partial charge in [0.05, 0.1) is 6.54 Å². The first-order chi connectivity index (χ1) is 9.44. The fraction of sp³-hybridized carbons (Fsp3) is 0.429. The number of nitrogens with one attached hydrogen (secondary N) is 2. The second-order valence-electron chi connectivity index (χ2n) is 5.05. The molecule has 0 radical (unpaired) electrons. The van der Waals surface area contributed by atoms with Crippen molar-refractivity contribution in [3.8, 4) is 0 Å². The summed E-state index contributed by atoms with van der Waals surface area (Å²) in [4.78, 5) is 23.0. The number of aliphatic carboxylic acids is 1. The zero-order valence-corrected chi connectivity index (χ0v) is 12.0. The molecule has 0 atom stereocenters. The topological polar surface area (TPSA) is 78.4 Å². The quantitative estimate of drug-likeness (QED) is 0.778. The highest BCUT2D eigenvalue weighted by Crippen LogP contribution is 2.31. The van der Waals surface area contributed by atoms with E-state index in [2.05, 4.69) is 10.6 Å². The summed E-state index contributed by atoms with van der Waals surface area (Å²) in [5.41, 5.74) is 0.502. The number of carbonyl (C=O) groups is 2. The Morgan fingerprint density at radius 3 is 2.65 bits per heavy atom. The van der Waals surface area contributed by atoms with E-state index in [1.165, 1.54) is 0 Å². The van der Waals surface area contributed by atoms with Gasteiger partial charge >= 0.3 is 5.97 Å². The molecule has 1 fully saturated rings. The van der Waals surface area contributed by atoms with Crippen LogP contribution in [0.25, 0.3) is 0 Å². The van der Waals surface area contributed by atoms with Crippen molar-refractivity contribution in [3.05, 3.63) is 28.8 Å². The molecule has 1 aliphatic rings. The van der Waals surface area contributed by atoms with E-state index in [1.807, 2.05) is 6.92 Å². The number of benzene rings is 1. The molecule has 1 aliphatic carbocycles. The molecule has 0 heterocycles. The van der Waals surface area contributed by atoms with Gasteiger partial charge in [-0.2, -0.15) is 0 Å². The normalized spacial score (nSPS) is 16.3. The number of hydrogen-bond acceptors (Lipinski definition) is 3. The summed E-state index contributed by atoms with van der Waals surface area (Å²) in [5.74, 6) is -1.17. The minimum Gasteiger partial charge on any atom is -0.480 e. The average molecular weight is 297 g/mol. The number of carboxylic acids is 1. The van der Waals surface area contributed by atoms with Crippen LogP contribution in [0.4, 0.5) is 5.69 Å². The second kappa shape index (κ2) is 5.81. The predicted octanol–water partition coefficient (Wildman–Crippen LogP) is 2.18. The van der Waals surface area contributed by atoms with Gasteiger partial charge < -0.3 is 10.4 Å². The van der Waals surface area contributed by atoms with Crippen LogP contribution in [0.3, 0.4) is 0 Å². The van der Waals surface area contributed by atoms with Crippen LogP contribution in [0.5, 0.6) is 0 Å². The fourth-order valence-corrected chi connectivity index (χ4v) is 2.36. The third-order valence-electron chi connectivity index (χ3n) is 3.75. The second-order valence-corrected chi connectivity index (χ2v) is 5.46. The van der Waals surface area contributed by atoms with Crippen molar-refractivity contribution in [3.63, 3.8) is 0 Å². The number of hydrogen-bond donors (Lipinski definition) is 3. The molecule has 3 N–H and O–H groups in total. The average Bonchev–Trinajstić information content (AvgIpc) is 2.33. The van der Waals surface area contributed by atoms with Gasteiger partial charge in [-0.25, -0.2) is 0 Å². The lowest BCUT2D eigenvalue weighted by molar-refractivity contribution is -0.148. The standard InChI is InChI=1S/C14H17ClN2O3/c1-9-10(15)4-2-5-11(9)17-12(18)8-16-14(13(19)20)6-3-7-14/h2,4-5,16H,3,6-8H2,1H3,(H,17,18)(H,19,20). The first-order valence-electron chi connectivity index (χ1n) is 6.48. The Hall–Kier alpha value is -1.59. The van der Waals surface area contributed by atoms with E-state index in [4.69, 9.17) is 16.7 Å². The molecule has 0 unspecified atom stereocenters. The molecule has 1 amide bonds. The lowest BCUT2D eigenvalue weighted by Gasteiger charge is -2.38. The Morgan fingerprint density at radius 1 is 1.40 bits per heavy atom. The molecule has 0 spiro atoms. The van der Waals surface area contributed by atoms with Crippen molar-refractivity contribution >= 4 is 29.2 Å². The van der Waals surface area contributed by atoms with E-state index in [9.17, 15) is 9.59 Å². The summed E-state index contributed by atoms with van der Waals surface area (Å²) in [6.07, 6.45) is 1.99. The number of anilines is 1. The number of amides is 1. The van der Waals surface area contributed by atoms with Gasteiger partial charge in [0.1, 0.15) is 5.54 Å². The first-order valence-corrected chi connectivity index (χ1v) is 6.86. The molecule has 5 nitrogen and oxygen atoms in total. The molecule has 108 valence electrons. The van der Waals surface area contributed by atoms with Gasteiger partial charge in [-0.15, -0.1) is 0 Å². The Bertz CT molecular complexity index is 541. The highest BCUT2D eigenvalue weighted by Gasteiger charge is 2.44. The number of carbonyl (C=O) groups excluding carboxylic acids is 1. The Morgan fingerprint density at radius 2 is 2.10 bits per heavy atom. The van der Waals surface area contributed by atoms with Crippen LogP contribution >= 0.6 is 11.6 Å². The monoisotopic (exact) mass is 296 g/mol. The first kappa shape index (κ1) is 14.8. The van der Waals surface area contributed by atoms with Crippen LogP contribution in [-0.4, -0.2) is 29.1 Å². The molecule has 2 rings (SSSR count). The van der Waals surface area contributed by atoms with Gasteiger partial charge in [0, 0.05) is 10.7 Å². The Kier molecular flexibility index (Phi) is 4.30. The van der Waals surface area contributed by atoms with E-state index in [0.29, 0.717) is 23.6 Å². The lowest BCUT2D eigenvalue weighted by Crippen LogP contribution is -2.58. The molecular formula is C14H17ClN2O3. The maximum Gasteiger partial charge on any atom is 0.323 e. The summed E-state index contributed by atoms with van der Waals surface area (Å²) in [7, 11) is 0. The van der Waals surface area contributed by atoms with Gasteiger partial charge in [0.25, 0.3) is 0 Å². The maximum absolute atomic E-state index is 11.9. The fourth-order valence-electron chi connectivity index (χ4n) is 2.18. The van der Waals surface area contributed by atoms with Gasteiger partial charge in [0.2, 0.25) is 5.91 Å². The van der Waals surface area contributed by atoms with Crippen molar-refractivity contribution in [2.75, 3.05) is 11.9 Å². The van der Waals surface area contributed by atoms with Crippen LogP contribution in [-0.2, 0) is 9.59 Å². The highest BCUT2D eigenvalue weighted by molar-refractivity contribution is 6.31. The molecule has 1 saturated carbocycles. The van der Waals surface area contributed by atoms with Gasteiger partial charge in [0.15, 0.2) is 0 Å². The molecule has 0 aliphatic heterocycles.